The first-order valence-corrected chi connectivity index (χ1v) is 9.53. The Bertz CT molecular complexity index is 863. The number of hydrogen-bond donors (Lipinski definition) is 3. The standard InChI is InChI=1S/C19H24N6O5/c20-17(21)13-1-3-14(4-2-13)25-10-9-24(18(29)19(25)30)11-15(26)23-7-5-22(6-8-23)12-16(27)28/h1-4H,5-12H2,(H3,20,21)(H,27,28). The van der Waals surface area contributed by atoms with Crippen LogP contribution in [0.5, 0.6) is 0 Å². The Kier molecular flexibility index (Phi) is 6.31. The summed E-state index contributed by atoms with van der Waals surface area (Å²) in [6.07, 6.45) is 0. The molecule has 0 aromatic heterocycles. The number of nitrogens with one attached hydrogen (secondary N) is 1. The lowest BCUT2D eigenvalue weighted by molar-refractivity contribution is -0.149. The van der Waals surface area contributed by atoms with Gasteiger partial charge in [-0.15, -0.1) is 0 Å². The number of piperazine rings is 2. The molecular formula is C19H24N6O5. The van der Waals surface area contributed by atoms with Crippen molar-refractivity contribution >= 4 is 35.2 Å². The number of nitrogens with zero attached hydrogens (tertiary/aromatic N) is 4. The number of carboxylic acid groups (broad SMARTS) is 1. The van der Waals surface area contributed by atoms with Crippen LogP contribution in [0.3, 0.4) is 0 Å². The number of nitrogens with two attached hydrogens (primary N) is 1. The molecule has 0 atom stereocenters. The zero-order valence-electron chi connectivity index (χ0n) is 16.4. The topological polar surface area (TPSA) is 151 Å². The van der Waals surface area contributed by atoms with Crippen LogP contribution in [0.15, 0.2) is 24.3 Å². The predicted molar refractivity (Wildman–Crippen MR) is 107 cm³/mol. The highest BCUT2D eigenvalue weighted by Crippen LogP contribution is 2.19. The molecule has 2 heterocycles. The van der Waals surface area contributed by atoms with Gasteiger partial charge in [0.25, 0.3) is 0 Å². The zero-order chi connectivity index (χ0) is 21.8. The molecule has 0 radical (unpaired) electrons. The molecule has 1 aromatic rings. The quantitative estimate of drug-likeness (QED) is 0.286. The lowest BCUT2D eigenvalue weighted by Crippen LogP contribution is -2.58. The number of hydrogen-bond acceptors (Lipinski definition) is 6. The van der Waals surface area contributed by atoms with Gasteiger partial charge >= 0.3 is 17.8 Å². The van der Waals surface area contributed by atoms with Crippen molar-refractivity contribution < 1.29 is 24.3 Å². The molecule has 2 aliphatic rings. The third kappa shape index (κ3) is 4.74. The summed E-state index contributed by atoms with van der Waals surface area (Å²) >= 11 is 0. The Labute approximate surface area is 173 Å². The number of nitrogen functional groups attached to an aromatic ring is 1. The lowest BCUT2D eigenvalue weighted by atomic mass is 10.1. The highest BCUT2D eigenvalue weighted by molar-refractivity contribution is 6.41. The van der Waals surface area contributed by atoms with Gasteiger partial charge in [0.15, 0.2) is 0 Å². The molecule has 1 aromatic carbocycles. The molecule has 11 heteroatoms. The van der Waals surface area contributed by atoms with Gasteiger partial charge in [-0.3, -0.25) is 29.5 Å². The van der Waals surface area contributed by atoms with Crippen molar-refractivity contribution in [1.82, 2.24) is 14.7 Å². The Balaban J connectivity index is 1.55. The van der Waals surface area contributed by atoms with E-state index in [0.29, 0.717) is 37.4 Å². The lowest BCUT2D eigenvalue weighted by Gasteiger charge is -2.37. The van der Waals surface area contributed by atoms with E-state index in [-0.39, 0.29) is 37.9 Å². The smallest absolute Gasteiger partial charge is 0.317 e. The van der Waals surface area contributed by atoms with Crippen LogP contribution < -0.4 is 10.6 Å². The fourth-order valence-electron chi connectivity index (χ4n) is 3.50. The van der Waals surface area contributed by atoms with Gasteiger partial charge in [0, 0.05) is 50.5 Å². The normalized spacial score (nSPS) is 17.9. The first-order valence-electron chi connectivity index (χ1n) is 9.53. The van der Waals surface area contributed by atoms with E-state index in [0.717, 1.165) is 0 Å². The maximum absolute atomic E-state index is 12.5. The van der Waals surface area contributed by atoms with E-state index >= 15 is 0 Å². The van der Waals surface area contributed by atoms with Crippen LogP contribution in [-0.4, -0.2) is 102 Å². The second-order valence-electron chi connectivity index (χ2n) is 7.19. The molecule has 0 spiro atoms. The third-order valence-corrected chi connectivity index (χ3v) is 5.21. The van der Waals surface area contributed by atoms with E-state index in [9.17, 15) is 19.2 Å². The number of benzene rings is 1. The van der Waals surface area contributed by atoms with Crippen LogP contribution in [0.2, 0.25) is 0 Å². The first kappa shape index (κ1) is 21.2. The van der Waals surface area contributed by atoms with E-state index in [2.05, 4.69) is 0 Å². The van der Waals surface area contributed by atoms with Crippen molar-refractivity contribution in [2.24, 2.45) is 5.73 Å². The van der Waals surface area contributed by atoms with Gasteiger partial charge in [-0.1, -0.05) is 0 Å². The molecule has 4 N–H and O–H groups in total. The number of carbonyl (C=O) groups is 4. The average molecular weight is 416 g/mol. The number of anilines is 1. The Morgan fingerprint density at radius 1 is 0.933 bits per heavy atom. The van der Waals surface area contributed by atoms with Crippen molar-refractivity contribution in [2.45, 2.75) is 0 Å². The number of amides is 3. The highest BCUT2D eigenvalue weighted by Gasteiger charge is 2.35. The molecule has 2 fully saturated rings. The van der Waals surface area contributed by atoms with Gasteiger partial charge < -0.3 is 25.5 Å². The summed E-state index contributed by atoms with van der Waals surface area (Å²) in [6, 6.07) is 6.46. The van der Waals surface area contributed by atoms with Crippen LogP contribution in [0.4, 0.5) is 5.69 Å². The van der Waals surface area contributed by atoms with Gasteiger partial charge in [0.05, 0.1) is 6.54 Å². The molecule has 160 valence electrons. The van der Waals surface area contributed by atoms with E-state index in [1.54, 1.807) is 34.1 Å². The fourth-order valence-corrected chi connectivity index (χ4v) is 3.50. The molecule has 3 amide bonds. The van der Waals surface area contributed by atoms with E-state index in [1.807, 2.05) is 0 Å². The van der Waals surface area contributed by atoms with Crippen LogP contribution in [0.1, 0.15) is 5.56 Å². The maximum atomic E-state index is 12.5. The second kappa shape index (κ2) is 8.91. The second-order valence-corrected chi connectivity index (χ2v) is 7.19. The molecule has 3 rings (SSSR count). The maximum Gasteiger partial charge on any atom is 0.317 e. The summed E-state index contributed by atoms with van der Waals surface area (Å²) in [6.45, 7) is 1.91. The minimum absolute atomic E-state index is 0.0651. The first-order chi connectivity index (χ1) is 14.3. The molecule has 0 bridgehead atoms. The van der Waals surface area contributed by atoms with Crippen molar-refractivity contribution in [1.29, 1.82) is 5.41 Å². The molecule has 0 saturated carbocycles. The highest BCUT2D eigenvalue weighted by atomic mass is 16.4. The van der Waals surface area contributed by atoms with Crippen molar-refractivity contribution in [2.75, 3.05) is 57.3 Å². The largest absolute Gasteiger partial charge is 0.480 e. The van der Waals surface area contributed by atoms with E-state index < -0.39 is 17.8 Å². The molecule has 0 aliphatic carbocycles. The Morgan fingerprint density at radius 3 is 2.13 bits per heavy atom. The number of carbonyl (C=O) groups excluding carboxylic acids is 3. The fraction of sp³-hybridized carbons (Fsp3) is 0.421. The van der Waals surface area contributed by atoms with Crippen molar-refractivity contribution in [3.63, 3.8) is 0 Å². The summed E-state index contributed by atoms with van der Waals surface area (Å²) in [5.41, 5.74) is 6.47. The summed E-state index contributed by atoms with van der Waals surface area (Å²) in [4.78, 5) is 54.3. The van der Waals surface area contributed by atoms with E-state index in [4.69, 9.17) is 16.2 Å². The predicted octanol–water partition coefficient (Wildman–Crippen LogP) is -1.63. The summed E-state index contributed by atoms with van der Waals surface area (Å²) < 4.78 is 0. The van der Waals surface area contributed by atoms with Crippen LogP contribution in [0.25, 0.3) is 0 Å². The van der Waals surface area contributed by atoms with E-state index in [1.165, 1.54) is 9.80 Å². The minimum Gasteiger partial charge on any atom is -0.480 e. The summed E-state index contributed by atoms with van der Waals surface area (Å²) in [5, 5.41) is 16.2. The SMILES string of the molecule is N=C(N)c1ccc(N2CCN(CC(=O)N3CCN(CC(=O)O)CC3)C(=O)C2=O)cc1. The Hall–Kier alpha value is -3.47. The van der Waals surface area contributed by atoms with Gasteiger partial charge in [0.1, 0.15) is 12.4 Å². The molecule has 30 heavy (non-hydrogen) atoms. The number of aliphatic carboxylic acids is 1. The van der Waals surface area contributed by atoms with Crippen LogP contribution >= 0.6 is 0 Å². The number of amidine groups is 1. The van der Waals surface area contributed by atoms with Gasteiger partial charge in [-0.05, 0) is 24.3 Å². The molecular weight excluding hydrogens is 392 g/mol. The zero-order valence-corrected chi connectivity index (χ0v) is 16.4. The number of rotatable bonds is 6. The monoisotopic (exact) mass is 416 g/mol. The minimum atomic E-state index is -0.910. The Morgan fingerprint density at radius 2 is 1.57 bits per heavy atom. The van der Waals surface area contributed by atoms with Crippen molar-refractivity contribution in [3.8, 4) is 0 Å². The summed E-state index contributed by atoms with van der Waals surface area (Å²) in [7, 11) is 0. The van der Waals surface area contributed by atoms with Gasteiger partial charge in [-0.2, -0.15) is 0 Å². The van der Waals surface area contributed by atoms with Gasteiger partial charge in [0.2, 0.25) is 5.91 Å². The molecule has 11 nitrogen and oxygen atoms in total. The van der Waals surface area contributed by atoms with Crippen LogP contribution in [0, 0.1) is 5.41 Å². The molecule has 2 aliphatic heterocycles. The van der Waals surface area contributed by atoms with Gasteiger partial charge in [-0.25, -0.2) is 0 Å². The number of carboxylic acids is 1. The summed E-state index contributed by atoms with van der Waals surface area (Å²) in [5.74, 6) is -2.71. The third-order valence-electron chi connectivity index (χ3n) is 5.21. The van der Waals surface area contributed by atoms with Crippen molar-refractivity contribution in [3.05, 3.63) is 29.8 Å². The average Bonchev–Trinajstić information content (AvgIpc) is 2.71. The molecule has 0 unspecified atom stereocenters. The van der Waals surface area contributed by atoms with Crippen LogP contribution in [-0.2, 0) is 19.2 Å². The molecule has 2 saturated heterocycles.